The van der Waals surface area contributed by atoms with Gasteiger partial charge >= 0.3 is 0 Å². The molecule has 1 fully saturated rings. The van der Waals surface area contributed by atoms with Gasteiger partial charge in [0.15, 0.2) is 0 Å². The number of hydrogen-bond acceptors (Lipinski definition) is 3. The average Bonchev–Trinajstić information content (AvgIpc) is 2.40. The van der Waals surface area contributed by atoms with Gasteiger partial charge in [-0.25, -0.2) is 0 Å². The zero-order chi connectivity index (χ0) is 15.7. The van der Waals surface area contributed by atoms with Crippen LogP contribution in [0, 0.1) is 12.3 Å². The maximum atomic E-state index is 4.35. The predicted molar refractivity (Wildman–Crippen MR) is 89.3 cm³/mol. The molecule has 1 aliphatic rings. The van der Waals surface area contributed by atoms with Crippen LogP contribution in [0.25, 0.3) is 0 Å². The van der Waals surface area contributed by atoms with Crippen molar-refractivity contribution in [3.63, 3.8) is 0 Å². The lowest BCUT2D eigenvalue weighted by atomic mass is 9.81. The molecule has 21 heavy (non-hydrogen) atoms. The van der Waals surface area contributed by atoms with Crippen molar-refractivity contribution >= 4 is 0 Å². The third-order valence-corrected chi connectivity index (χ3v) is 5.01. The van der Waals surface area contributed by atoms with E-state index in [4.69, 9.17) is 0 Å². The van der Waals surface area contributed by atoms with Gasteiger partial charge in [0.25, 0.3) is 0 Å². The zero-order valence-corrected chi connectivity index (χ0v) is 14.5. The molecule has 3 nitrogen and oxygen atoms in total. The highest BCUT2D eigenvalue weighted by atomic mass is 15.3. The summed E-state index contributed by atoms with van der Waals surface area (Å²) < 4.78 is 0. The van der Waals surface area contributed by atoms with Gasteiger partial charge in [0, 0.05) is 43.6 Å². The summed E-state index contributed by atoms with van der Waals surface area (Å²) in [5.41, 5.74) is 3.08. The van der Waals surface area contributed by atoms with E-state index in [0.717, 1.165) is 26.1 Å². The van der Waals surface area contributed by atoms with Gasteiger partial charge in [-0.05, 0) is 36.8 Å². The molecule has 2 atom stereocenters. The first kappa shape index (κ1) is 16.4. The van der Waals surface area contributed by atoms with E-state index in [1.165, 1.54) is 11.1 Å². The van der Waals surface area contributed by atoms with Crippen molar-refractivity contribution in [2.45, 2.75) is 66.1 Å². The third kappa shape index (κ3) is 3.83. The summed E-state index contributed by atoms with van der Waals surface area (Å²) in [6.07, 6.45) is 5.10. The number of hydrogen-bond donors (Lipinski definition) is 1. The maximum Gasteiger partial charge on any atom is 0.0313 e. The first-order chi connectivity index (χ1) is 9.74. The van der Waals surface area contributed by atoms with E-state index in [1.807, 2.05) is 12.4 Å². The molecule has 0 amide bonds. The van der Waals surface area contributed by atoms with Crippen LogP contribution in [0.1, 0.15) is 52.2 Å². The molecule has 0 spiro atoms. The van der Waals surface area contributed by atoms with Crippen molar-refractivity contribution in [2.75, 3.05) is 13.1 Å². The Balaban J connectivity index is 2.18. The highest BCUT2D eigenvalue weighted by Crippen LogP contribution is 2.30. The van der Waals surface area contributed by atoms with Crippen LogP contribution in [0.5, 0.6) is 0 Å². The first-order valence-electron chi connectivity index (χ1n) is 8.13. The minimum Gasteiger partial charge on any atom is -0.310 e. The van der Waals surface area contributed by atoms with Crippen molar-refractivity contribution in [1.29, 1.82) is 0 Å². The summed E-state index contributed by atoms with van der Waals surface area (Å²) in [4.78, 5) is 7.00. The molecule has 0 saturated carbocycles. The van der Waals surface area contributed by atoms with Crippen LogP contribution in [0.3, 0.4) is 0 Å². The van der Waals surface area contributed by atoms with Crippen LogP contribution in [-0.4, -0.2) is 34.6 Å². The quantitative estimate of drug-likeness (QED) is 0.924. The van der Waals surface area contributed by atoms with Gasteiger partial charge in [-0.2, -0.15) is 0 Å². The van der Waals surface area contributed by atoms with Gasteiger partial charge in [-0.15, -0.1) is 0 Å². The molecule has 3 heteroatoms. The number of aromatic nitrogens is 1. The van der Waals surface area contributed by atoms with Gasteiger partial charge in [0.2, 0.25) is 0 Å². The van der Waals surface area contributed by atoms with Gasteiger partial charge < -0.3 is 5.32 Å². The van der Waals surface area contributed by atoms with Crippen LogP contribution in [0.2, 0.25) is 0 Å². The summed E-state index contributed by atoms with van der Waals surface area (Å²) in [6, 6.07) is 2.80. The van der Waals surface area contributed by atoms with Gasteiger partial charge in [-0.1, -0.05) is 33.8 Å². The molecule has 0 bridgehead atoms. The van der Waals surface area contributed by atoms with E-state index >= 15 is 0 Å². The minimum absolute atomic E-state index is 0.228. The molecule has 0 radical (unpaired) electrons. The number of rotatable bonds is 3. The van der Waals surface area contributed by atoms with Crippen LogP contribution >= 0.6 is 0 Å². The van der Waals surface area contributed by atoms with E-state index in [2.05, 4.69) is 62.8 Å². The Morgan fingerprint density at radius 3 is 2.67 bits per heavy atom. The summed E-state index contributed by atoms with van der Waals surface area (Å²) >= 11 is 0. The molecular weight excluding hydrogens is 258 g/mol. The Kier molecular flexibility index (Phi) is 4.74. The minimum atomic E-state index is 0.228. The lowest BCUT2D eigenvalue weighted by molar-refractivity contribution is 0.0157. The second-order valence-electron chi connectivity index (χ2n) is 7.90. The highest BCUT2D eigenvalue weighted by molar-refractivity contribution is 5.17. The van der Waals surface area contributed by atoms with Gasteiger partial charge in [0.05, 0.1) is 0 Å². The fourth-order valence-corrected chi connectivity index (χ4v) is 3.07. The van der Waals surface area contributed by atoms with Gasteiger partial charge in [-0.3, -0.25) is 9.88 Å². The van der Waals surface area contributed by atoms with Crippen LogP contribution < -0.4 is 5.32 Å². The third-order valence-electron chi connectivity index (χ3n) is 5.01. The zero-order valence-electron chi connectivity index (χ0n) is 14.5. The van der Waals surface area contributed by atoms with Crippen molar-refractivity contribution in [3.05, 3.63) is 29.6 Å². The smallest absolute Gasteiger partial charge is 0.0313 e. The van der Waals surface area contributed by atoms with E-state index < -0.39 is 0 Å². The topological polar surface area (TPSA) is 28.2 Å². The highest BCUT2D eigenvalue weighted by Gasteiger charge is 2.39. The molecule has 2 unspecified atom stereocenters. The Labute approximate surface area is 130 Å². The van der Waals surface area contributed by atoms with Crippen molar-refractivity contribution in [3.8, 4) is 0 Å². The van der Waals surface area contributed by atoms with E-state index in [-0.39, 0.29) is 11.0 Å². The van der Waals surface area contributed by atoms with Crippen molar-refractivity contribution in [2.24, 2.45) is 5.41 Å². The summed E-state index contributed by atoms with van der Waals surface area (Å²) in [6.45, 7) is 16.9. The fraction of sp³-hybridized carbons (Fsp3) is 0.722. The molecule has 2 heterocycles. The maximum absolute atomic E-state index is 4.35. The Morgan fingerprint density at radius 1 is 1.38 bits per heavy atom. The Bertz CT molecular complexity index is 478. The average molecular weight is 289 g/mol. The number of nitrogens with zero attached hydrogens (tertiary/aromatic N) is 2. The standard InChI is InChI=1S/C18H31N3/c1-7-18(6)13-20-16(17(3,4)5)12-21(18)11-15-8-14(2)9-19-10-15/h8-10,16,20H,7,11-13H2,1-6H3. The predicted octanol–water partition coefficient (Wildman–Crippen LogP) is 3.38. The lowest BCUT2D eigenvalue weighted by Gasteiger charge is -2.51. The monoisotopic (exact) mass is 289 g/mol. The number of nitrogens with one attached hydrogen (secondary N) is 1. The van der Waals surface area contributed by atoms with E-state index in [0.29, 0.717) is 6.04 Å². The SMILES string of the molecule is CCC1(C)CNC(C(C)(C)C)CN1Cc1cncc(C)c1. The van der Waals surface area contributed by atoms with E-state index in [9.17, 15) is 0 Å². The molecule has 118 valence electrons. The lowest BCUT2D eigenvalue weighted by Crippen LogP contribution is -2.65. The van der Waals surface area contributed by atoms with Crippen LogP contribution in [-0.2, 0) is 6.54 Å². The van der Waals surface area contributed by atoms with E-state index in [1.54, 1.807) is 0 Å². The summed E-state index contributed by atoms with van der Waals surface area (Å²) in [5, 5.41) is 3.77. The molecule has 0 aromatic carbocycles. The molecule has 1 aromatic rings. The van der Waals surface area contributed by atoms with Crippen molar-refractivity contribution in [1.82, 2.24) is 15.2 Å². The molecule has 1 saturated heterocycles. The van der Waals surface area contributed by atoms with Gasteiger partial charge in [0.1, 0.15) is 0 Å². The molecule has 1 N–H and O–H groups in total. The summed E-state index contributed by atoms with van der Waals surface area (Å²) in [5.74, 6) is 0. The molecular formula is C18H31N3. The second kappa shape index (κ2) is 6.05. The Morgan fingerprint density at radius 2 is 2.10 bits per heavy atom. The normalized spacial score (nSPS) is 27.8. The number of piperazine rings is 1. The molecule has 2 rings (SSSR count). The molecule has 1 aromatic heterocycles. The summed E-state index contributed by atoms with van der Waals surface area (Å²) in [7, 11) is 0. The largest absolute Gasteiger partial charge is 0.310 e. The molecule has 1 aliphatic heterocycles. The Hall–Kier alpha value is -0.930. The first-order valence-corrected chi connectivity index (χ1v) is 8.13. The van der Waals surface area contributed by atoms with Crippen molar-refractivity contribution < 1.29 is 0 Å². The fourth-order valence-electron chi connectivity index (χ4n) is 3.07. The van der Waals surface area contributed by atoms with Crippen LogP contribution in [0.15, 0.2) is 18.5 Å². The number of aryl methyl sites for hydroxylation is 1. The number of pyridine rings is 1. The second-order valence-corrected chi connectivity index (χ2v) is 7.90. The molecule has 0 aliphatic carbocycles. The van der Waals surface area contributed by atoms with Crippen LogP contribution in [0.4, 0.5) is 0 Å².